The van der Waals surface area contributed by atoms with Gasteiger partial charge < -0.3 is 14.8 Å². The lowest BCUT2D eigenvalue weighted by Crippen LogP contribution is -2.46. The molecule has 1 aromatic rings. The maximum absolute atomic E-state index is 6.14. The zero-order valence-electron chi connectivity index (χ0n) is 13.0. The Morgan fingerprint density at radius 2 is 2.05 bits per heavy atom. The molecule has 0 radical (unpaired) electrons. The molecule has 5 nitrogen and oxygen atoms in total. The summed E-state index contributed by atoms with van der Waals surface area (Å²) in [6, 6.07) is 0.252. The smallest absolute Gasteiger partial charge is 0.0759 e. The molecule has 2 aliphatic heterocycles. The largest absolute Gasteiger partial charge is 0.381 e. The van der Waals surface area contributed by atoms with Crippen LogP contribution < -0.4 is 5.32 Å². The van der Waals surface area contributed by atoms with Gasteiger partial charge in [-0.2, -0.15) is 0 Å². The summed E-state index contributed by atoms with van der Waals surface area (Å²) >= 11 is 0. The van der Waals surface area contributed by atoms with E-state index in [4.69, 9.17) is 9.47 Å². The maximum Gasteiger partial charge on any atom is 0.0759 e. The van der Waals surface area contributed by atoms with Gasteiger partial charge in [-0.15, -0.1) is 0 Å². The molecule has 2 unspecified atom stereocenters. The quantitative estimate of drug-likeness (QED) is 0.923. The van der Waals surface area contributed by atoms with Gasteiger partial charge in [-0.3, -0.25) is 9.97 Å². The summed E-state index contributed by atoms with van der Waals surface area (Å²) in [5, 5.41) is 3.44. The van der Waals surface area contributed by atoms with Crippen LogP contribution in [-0.2, 0) is 9.47 Å². The fourth-order valence-corrected chi connectivity index (χ4v) is 3.63. The standard InChI is InChI=1S/C16H25N3O2/c1-12-10-19-14(11-18-12)15(17-2)13-3-6-21-16(9-13)4-7-20-8-5-16/h10-11,13,15,17H,3-9H2,1-2H3. The van der Waals surface area contributed by atoms with Gasteiger partial charge >= 0.3 is 0 Å². The van der Waals surface area contributed by atoms with Crippen LogP contribution in [0.1, 0.15) is 43.1 Å². The van der Waals surface area contributed by atoms with E-state index >= 15 is 0 Å². The second-order valence-electron chi connectivity index (χ2n) is 6.25. The molecule has 0 amide bonds. The van der Waals surface area contributed by atoms with Crippen molar-refractivity contribution in [1.82, 2.24) is 15.3 Å². The minimum atomic E-state index is 0.0222. The van der Waals surface area contributed by atoms with E-state index in [1.807, 2.05) is 26.4 Å². The Bertz CT molecular complexity index is 452. The van der Waals surface area contributed by atoms with Crippen molar-refractivity contribution in [2.75, 3.05) is 26.9 Å². The average Bonchev–Trinajstić information content (AvgIpc) is 2.51. The third-order valence-electron chi connectivity index (χ3n) is 4.84. The van der Waals surface area contributed by atoms with Crippen LogP contribution in [0.25, 0.3) is 0 Å². The zero-order chi connectivity index (χ0) is 14.7. The third kappa shape index (κ3) is 3.25. The molecule has 1 N–H and O–H groups in total. The van der Waals surface area contributed by atoms with Gasteiger partial charge in [0.25, 0.3) is 0 Å². The van der Waals surface area contributed by atoms with E-state index in [1.54, 1.807) is 0 Å². The van der Waals surface area contributed by atoms with E-state index in [-0.39, 0.29) is 11.6 Å². The predicted molar refractivity (Wildman–Crippen MR) is 80.0 cm³/mol. The molecule has 3 rings (SSSR count). The van der Waals surface area contributed by atoms with E-state index < -0.39 is 0 Å². The molecule has 0 saturated carbocycles. The lowest BCUT2D eigenvalue weighted by Gasteiger charge is -2.45. The Morgan fingerprint density at radius 1 is 1.24 bits per heavy atom. The summed E-state index contributed by atoms with van der Waals surface area (Å²) in [5.41, 5.74) is 2.02. The number of rotatable bonds is 3. The minimum Gasteiger partial charge on any atom is -0.381 e. The molecule has 0 aromatic carbocycles. The molecule has 2 fully saturated rings. The van der Waals surface area contributed by atoms with Crippen molar-refractivity contribution < 1.29 is 9.47 Å². The van der Waals surface area contributed by atoms with Gasteiger partial charge in [0.2, 0.25) is 0 Å². The van der Waals surface area contributed by atoms with Crippen molar-refractivity contribution in [3.8, 4) is 0 Å². The van der Waals surface area contributed by atoms with Crippen molar-refractivity contribution in [2.24, 2.45) is 5.92 Å². The molecule has 1 spiro atoms. The first-order valence-corrected chi connectivity index (χ1v) is 7.90. The van der Waals surface area contributed by atoms with E-state index in [0.29, 0.717) is 5.92 Å². The highest BCUT2D eigenvalue weighted by atomic mass is 16.5. The minimum absolute atomic E-state index is 0.0222. The van der Waals surface area contributed by atoms with Crippen molar-refractivity contribution in [2.45, 2.75) is 44.2 Å². The number of aryl methyl sites for hydroxylation is 1. The number of hydrogen-bond acceptors (Lipinski definition) is 5. The average molecular weight is 291 g/mol. The highest BCUT2D eigenvalue weighted by Gasteiger charge is 2.41. The highest BCUT2D eigenvalue weighted by Crippen LogP contribution is 2.41. The summed E-state index contributed by atoms with van der Waals surface area (Å²) in [6.07, 6.45) is 7.94. The number of ether oxygens (including phenoxy) is 2. The van der Waals surface area contributed by atoms with Crippen LogP contribution >= 0.6 is 0 Å². The Labute approximate surface area is 126 Å². The third-order valence-corrected chi connectivity index (χ3v) is 4.84. The molecule has 5 heteroatoms. The first-order chi connectivity index (χ1) is 10.2. The first kappa shape index (κ1) is 14.9. The number of nitrogens with one attached hydrogen (secondary N) is 1. The van der Waals surface area contributed by atoms with Crippen LogP contribution in [0, 0.1) is 12.8 Å². The highest BCUT2D eigenvalue weighted by molar-refractivity contribution is 5.08. The van der Waals surface area contributed by atoms with Gasteiger partial charge in [0.15, 0.2) is 0 Å². The first-order valence-electron chi connectivity index (χ1n) is 7.90. The number of nitrogens with zero attached hydrogens (tertiary/aromatic N) is 2. The van der Waals surface area contributed by atoms with Gasteiger partial charge in [0.05, 0.1) is 29.2 Å². The van der Waals surface area contributed by atoms with Crippen molar-refractivity contribution in [1.29, 1.82) is 0 Å². The van der Waals surface area contributed by atoms with Crippen LogP contribution in [0.2, 0.25) is 0 Å². The monoisotopic (exact) mass is 291 g/mol. The summed E-state index contributed by atoms with van der Waals surface area (Å²) < 4.78 is 11.6. The maximum atomic E-state index is 6.14. The fourth-order valence-electron chi connectivity index (χ4n) is 3.63. The van der Waals surface area contributed by atoms with Gasteiger partial charge in [-0.1, -0.05) is 0 Å². The molecule has 116 valence electrons. The summed E-state index contributed by atoms with van der Waals surface area (Å²) in [7, 11) is 2.01. The Kier molecular flexibility index (Phi) is 4.52. The summed E-state index contributed by atoms with van der Waals surface area (Å²) in [5.74, 6) is 0.541. The molecular weight excluding hydrogens is 266 g/mol. The second-order valence-corrected chi connectivity index (χ2v) is 6.25. The van der Waals surface area contributed by atoms with Gasteiger partial charge in [0, 0.05) is 26.0 Å². The number of hydrogen-bond donors (Lipinski definition) is 1. The van der Waals surface area contributed by atoms with Gasteiger partial charge in [-0.25, -0.2) is 0 Å². The Hall–Kier alpha value is -1.04. The normalized spacial score (nSPS) is 26.7. The van der Waals surface area contributed by atoms with Gasteiger partial charge in [-0.05, 0) is 45.6 Å². The molecule has 2 saturated heterocycles. The van der Waals surface area contributed by atoms with E-state index in [1.165, 1.54) is 0 Å². The lowest BCUT2D eigenvalue weighted by atomic mass is 9.77. The molecule has 0 aliphatic carbocycles. The van der Waals surface area contributed by atoms with E-state index in [2.05, 4.69) is 15.3 Å². The Morgan fingerprint density at radius 3 is 2.71 bits per heavy atom. The molecule has 21 heavy (non-hydrogen) atoms. The topological polar surface area (TPSA) is 56.3 Å². The molecule has 0 bridgehead atoms. The predicted octanol–water partition coefficient (Wildman–Crippen LogP) is 2.02. The van der Waals surface area contributed by atoms with Crippen LogP contribution in [0.3, 0.4) is 0 Å². The Balaban J connectivity index is 1.75. The molecule has 2 atom stereocenters. The molecule has 2 aliphatic rings. The molecule has 3 heterocycles. The second kappa shape index (κ2) is 6.38. The SMILES string of the molecule is CNC(c1cnc(C)cn1)C1CCOC2(CCOCC2)C1. The zero-order valence-corrected chi connectivity index (χ0v) is 13.0. The molecular formula is C16H25N3O2. The fraction of sp³-hybridized carbons (Fsp3) is 0.750. The summed E-state index contributed by atoms with van der Waals surface area (Å²) in [4.78, 5) is 8.96. The van der Waals surface area contributed by atoms with Crippen molar-refractivity contribution in [3.63, 3.8) is 0 Å². The van der Waals surface area contributed by atoms with E-state index in [0.717, 1.165) is 56.9 Å². The van der Waals surface area contributed by atoms with Crippen molar-refractivity contribution >= 4 is 0 Å². The van der Waals surface area contributed by atoms with E-state index in [9.17, 15) is 0 Å². The van der Waals surface area contributed by atoms with Crippen LogP contribution in [0.15, 0.2) is 12.4 Å². The number of aromatic nitrogens is 2. The van der Waals surface area contributed by atoms with Crippen LogP contribution in [0.4, 0.5) is 0 Å². The molecule has 1 aromatic heterocycles. The van der Waals surface area contributed by atoms with Crippen molar-refractivity contribution in [3.05, 3.63) is 23.8 Å². The summed E-state index contributed by atoms with van der Waals surface area (Å²) in [6.45, 7) is 4.45. The van der Waals surface area contributed by atoms with Gasteiger partial charge in [0.1, 0.15) is 0 Å². The van der Waals surface area contributed by atoms with Crippen LogP contribution in [0.5, 0.6) is 0 Å². The van der Waals surface area contributed by atoms with Crippen LogP contribution in [-0.4, -0.2) is 42.4 Å². The lowest BCUT2D eigenvalue weighted by molar-refractivity contribution is -0.150.